The first-order valence-electron chi connectivity index (χ1n) is 13.4. The zero-order valence-corrected chi connectivity index (χ0v) is 21.2. The monoisotopic (exact) mass is 414 g/mol. The Hall–Kier alpha value is -0.300. The maximum Gasteiger partial charge on any atom is 0.0594 e. The van der Waals surface area contributed by atoms with Crippen molar-refractivity contribution in [3.8, 4) is 0 Å². The number of allylic oxidation sites excluding steroid dienone is 2. The fraction of sp³-hybridized carbons (Fsp3) is 0.931. The highest BCUT2D eigenvalue weighted by Crippen LogP contribution is 2.67. The summed E-state index contributed by atoms with van der Waals surface area (Å²) in [6.07, 6.45) is 14.7. The first kappa shape index (κ1) is 22.9. The van der Waals surface area contributed by atoms with Crippen molar-refractivity contribution >= 4 is 0 Å². The highest BCUT2D eigenvalue weighted by molar-refractivity contribution is 5.35. The highest BCUT2D eigenvalue weighted by atomic mass is 16.3. The minimum Gasteiger partial charge on any atom is -0.393 e. The molecule has 4 aliphatic rings. The molecule has 3 saturated carbocycles. The van der Waals surface area contributed by atoms with Gasteiger partial charge in [0.05, 0.1) is 6.10 Å². The molecule has 1 heteroatoms. The highest BCUT2D eigenvalue weighted by Gasteiger charge is 2.58. The normalized spacial score (nSPS) is 43.9. The fourth-order valence-corrected chi connectivity index (χ4v) is 9.12. The van der Waals surface area contributed by atoms with E-state index in [1.807, 2.05) is 11.1 Å². The summed E-state index contributed by atoms with van der Waals surface area (Å²) in [7, 11) is 0. The fourth-order valence-electron chi connectivity index (χ4n) is 9.12. The number of hydrogen-bond donors (Lipinski definition) is 1. The van der Waals surface area contributed by atoms with Gasteiger partial charge in [-0.05, 0) is 97.2 Å². The molecule has 0 bridgehead atoms. The molecule has 0 saturated heterocycles. The lowest BCUT2D eigenvalue weighted by Crippen LogP contribution is -2.53. The van der Waals surface area contributed by atoms with Crippen LogP contribution in [0.25, 0.3) is 0 Å². The molecule has 0 aromatic rings. The number of hydrogen-bond acceptors (Lipinski definition) is 1. The van der Waals surface area contributed by atoms with Crippen molar-refractivity contribution in [3.05, 3.63) is 11.1 Å². The molecule has 30 heavy (non-hydrogen) atoms. The van der Waals surface area contributed by atoms with E-state index in [-0.39, 0.29) is 11.5 Å². The van der Waals surface area contributed by atoms with Gasteiger partial charge in [0, 0.05) is 0 Å². The van der Waals surface area contributed by atoms with Crippen LogP contribution < -0.4 is 0 Å². The minimum atomic E-state index is -0.110. The van der Waals surface area contributed by atoms with Crippen LogP contribution in [0, 0.1) is 45.8 Å². The topological polar surface area (TPSA) is 20.2 Å². The number of aliphatic hydroxyl groups is 1. The minimum absolute atomic E-state index is 0.0717. The molecule has 0 amide bonds. The van der Waals surface area contributed by atoms with E-state index < -0.39 is 0 Å². The van der Waals surface area contributed by atoms with Crippen molar-refractivity contribution < 1.29 is 5.11 Å². The Morgan fingerprint density at radius 2 is 1.70 bits per heavy atom. The molecule has 0 spiro atoms. The maximum atomic E-state index is 10.8. The molecule has 172 valence electrons. The Balaban J connectivity index is 1.57. The van der Waals surface area contributed by atoms with Crippen molar-refractivity contribution in [2.45, 2.75) is 125 Å². The van der Waals surface area contributed by atoms with Gasteiger partial charge in [0.1, 0.15) is 0 Å². The first-order valence-corrected chi connectivity index (χ1v) is 13.4. The van der Waals surface area contributed by atoms with Gasteiger partial charge in [0.2, 0.25) is 0 Å². The molecule has 0 heterocycles. The van der Waals surface area contributed by atoms with Gasteiger partial charge in [-0.15, -0.1) is 0 Å². The average Bonchev–Trinajstić information content (AvgIpc) is 2.99. The largest absolute Gasteiger partial charge is 0.393 e. The van der Waals surface area contributed by atoms with Crippen molar-refractivity contribution in [1.29, 1.82) is 0 Å². The summed E-state index contributed by atoms with van der Waals surface area (Å²) >= 11 is 0. The third kappa shape index (κ3) is 3.64. The van der Waals surface area contributed by atoms with E-state index in [4.69, 9.17) is 0 Å². The van der Waals surface area contributed by atoms with Crippen LogP contribution in [0.15, 0.2) is 11.1 Å². The molecule has 7 atom stereocenters. The molecular formula is C29H50O. The predicted octanol–water partition coefficient (Wildman–Crippen LogP) is 8.17. The summed E-state index contributed by atoms with van der Waals surface area (Å²) in [5, 5.41) is 10.8. The van der Waals surface area contributed by atoms with Gasteiger partial charge in [-0.3, -0.25) is 0 Å². The van der Waals surface area contributed by atoms with Crippen LogP contribution in [0.1, 0.15) is 119 Å². The summed E-state index contributed by atoms with van der Waals surface area (Å²) in [6, 6.07) is 0. The van der Waals surface area contributed by atoms with E-state index in [9.17, 15) is 5.11 Å². The zero-order chi connectivity index (χ0) is 21.9. The number of rotatable bonds is 5. The Morgan fingerprint density at radius 3 is 2.40 bits per heavy atom. The predicted molar refractivity (Wildman–Crippen MR) is 128 cm³/mol. The van der Waals surface area contributed by atoms with Crippen LogP contribution in [-0.2, 0) is 0 Å². The lowest BCUT2D eigenvalue weighted by Gasteiger charge is -2.60. The molecule has 1 N–H and O–H groups in total. The molecule has 1 nitrogen and oxygen atoms in total. The van der Waals surface area contributed by atoms with Crippen molar-refractivity contribution in [3.63, 3.8) is 0 Å². The third-order valence-electron chi connectivity index (χ3n) is 10.8. The van der Waals surface area contributed by atoms with E-state index in [0.717, 1.165) is 36.0 Å². The van der Waals surface area contributed by atoms with E-state index >= 15 is 0 Å². The van der Waals surface area contributed by atoms with Gasteiger partial charge >= 0.3 is 0 Å². The second-order valence-electron chi connectivity index (χ2n) is 13.6. The van der Waals surface area contributed by atoms with Gasteiger partial charge in [-0.25, -0.2) is 0 Å². The maximum absolute atomic E-state index is 10.8. The van der Waals surface area contributed by atoms with Gasteiger partial charge in [0.25, 0.3) is 0 Å². The summed E-state index contributed by atoms with van der Waals surface area (Å²) in [4.78, 5) is 0. The average molecular weight is 415 g/mol. The Labute approximate surface area is 187 Å². The number of fused-ring (bicyclic) bond motifs is 4. The summed E-state index contributed by atoms with van der Waals surface area (Å²) < 4.78 is 0. The Bertz CT molecular complexity index is 672. The van der Waals surface area contributed by atoms with Crippen molar-refractivity contribution in [1.82, 2.24) is 0 Å². The molecule has 4 aliphatic carbocycles. The molecule has 0 aromatic carbocycles. The molecular weight excluding hydrogens is 364 g/mol. The quantitative estimate of drug-likeness (QED) is 0.450. The molecule has 0 radical (unpaired) electrons. The second-order valence-corrected chi connectivity index (χ2v) is 13.6. The van der Waals surface area contributed by atoms with Crippen LogP contribution in [0.4, 0.5) is 0 Å². The van der Waals surface area contributed by atoms with Crippen LogP contribution in [0.5, 0.6) is 0 Å². The van der Waals surface area contributed by atoms with E-state index in [1.165, 1.54) is 64.2 Å². The lowest BCUT2D eigenvalue weighted by molar-refractivity contribution is -0.107. The van der Waals surface area contributed by atoms with Crippen LogP contribution in [0.3, 0.4) is 0 Å². The van der Waals surface area contributed by atoms with Crippen molar-refractivity contribution in [2.75, 3.05) is 0 Å². The van der Waals surface area contributed by atoms with Gasteiger partial charge in [-0.1, -0.05) is 78.9 Å². The number of aliphatic hydroxyl groups excluding tert-OH is 1. The van der Waals surface area contributed by atoms with Gasteiger partial charge < -0.3 is 5.11 Å². The summed E-state index contributed by atoms with van der Waals surface area (Å²) in [5.41, 5.74) is 4.79. The first-order chi connectivity index (χ1) is 14.0. The van der Waals surface area contributed by atoms with Gasteiger partial charge in [-0.2, -0.15) is 0 Å². The Morgan fingerprint density at radius 1 is 0.967 bits per heavy atom. The third-order valence-corrected chi connectivity index (χ3v) is 10.8. The smallest absolute Gasteiger partial charge is 0.0594 e. The SMILES string of the molecule is CC(C)CCCC(C)C1CCC2=C3CCC4CC(O)C(C)(C)CC4(C)C3CCC21C. The Kier molecular flexibility index (Phi) is 6.05. The van der Waals surface area contributed by atoms with Crippen LogP contribution in [0.2, 0.25) is 0 Å². The summed E-state index contributed by atoms with van der Waals surface area (Å²) in [6.45, 7) is 17.2. The second kappa shape index (κ2) is 7.93. The van der Waals surface area contributed by atoms with E-state index in [0.29, 0.717) is 10.8 Å². The van der Waals surface area contributed by atoms with Gasteiger partial charge in [0.15, 0.2) is 0 Å². The van der Waals surface area contributed by atoms with Crippen LogP contribution >= 0.6 is 0 Å². The molecule has 0 aromatic heterocycles. The molecule has 3 fully saturated rings. The van der Waals surface area contributed by atoms with E-state index in [2.05, 4.69) is 48.5 Å². The van der Waals surface area contributed by atoms with E-state index in [1.54, 1.807) is 0 Å². The zero-order valence-electron chi connectivity index (χ0n) is 21.2. The standard InChI is InChI=1S/C29H50O/c1-19(2)9-8-10-20(3)23-13-14-24-22-12-11-21-17-26(30)27(4,5)18-29(21,7)25(22)15-16-28(23,24)6/h19-21,23,25-26,30H,8-18H2,1-7H3. The van der Waals surface area contributed by atoms with Crippen molar-refractivity contribution in [2.24, 2.45) is 45.8 Å². The van der Waals surface area contributed by atoms with Crippen LogP contribution in [-0.4, -0.2) is 11.2 Å². The molecule has 0 aliphatic heterocycles. The lowest BCUT2D eigenvalue weighted by atomic mass is 9.45. The molecule has 4 rings (SSSR count). The molecule has 7 unspecified atom stereocenters. The summed E-state index contributed by atoms with van der Waals surface area (Å²) in [5.74, 6) is 4.15.